The summed E-state index contributed by atoms with van der Waals surface area (Å²) in [5, 5.41) is 5.09. The van der Waals surface area contributed by atoms with Crippen LogP contribution in [0.15, 0.2) is 45.3 Å². The molecule has 0 aromatic heterocycles. The minimum Gasteiger partial charge on any atom is -0.343 e. The minimum atomic E-state index is -0.647. The SMILES string of the molecule is Cc1cc(Br)ccc1NC(=O)CNC(=O)c1cc(Br)ccc1F. The van der Waals surface area contributed by atoms with Gasteiger partial charge in [-0.3, -0.25) is 9.59 Å². The maximum Gasteiger partial charge on any atom is 0.254 e. The van der Waals surface area contributed by atoms with E-state index in [-0.39, 0.29) is 18.0 Å². The average Bonchev–Trinajstić information content (AvgIpc) is 2.50. The number of hydrogen-bond donors (Lipinski definition) is 2. The van der Waals surface area contributed by atoms with Crippen LogP contribution in [0.5, 0.6) is 0 Å². The molecular formula is C16H13Br2FN2O2. The summed E-state index contributed by atoms with van der Waals surface area (Å²) in [6.45, 7) is 1.61. The lowest BCUT2D eigenvalue weighted by atomic mass is 10.2. The van der Waals surface area contributed by atoms with Crippen LogP contribution in [0.1, 0.15) is 15.9 Å². The second kappa shape index (κ2) is 7.70. The minimum absolute atomic E-state index is 0.119. The van der Waals surface area contributed by atoms with Gasteiger partial charge in [-0.2, -0.15) is 0 Å². The van der Waals surface area contributed by atoms with E-state index < -0.39 is 11.7 Å². The number of halogens is 3. The van der Waals surface area contributed by atoms with Crippen LogP contribution in [0, 0.1) is 12.7 Å². The third kappa shape index (κ3) is 4.87. The maximum atomic E-state index is 13.6. The van der Waals surface area contributed by atoms with E-state index in [1.54, 1.807) is 12.1 Å². The van der Waals surface area contributed by atoms with Gasteiger partial charge in [-0.15, -0.1) is 0 Å². The smallest absolute Gasteiger partial charge is 0.254 e. The fraction of sp³-hybridized carbons (Fsp3) is 0.125. The number of amides is 2. The molecule has 0 heterocycles. The third-order valence-corrected chi connectivity index (χ3v) is 4.03. The molecule has 0 bridgehead atoms. The lowest BCUT2D eigenvalue weighted by molar-refractivity contribution is -0.115. The van der Waals surface area contributed by atoms with Gasteiger partial charge in [-0.25, -0.2) is 4.39 Å². The summed E-state index contributed by atoms with van der Waals surface area (Å²) >= 11 is 6.51. The van der Waals surface area contributed by atoms with Gasteiger partial charge in [0, 0.05) is 14.6 Å². The molecule has 0 fully saturated rings. The Morgan fingerprint density at radius 2 is 1.74 bits per heavy atom. The Labute approximate surface area is 149 Å². The first-order valence-corrected chi connectivity index (χ1v) is 8.24. The Kier molecular flexibility index (Phi) is 5.90. The molecule has 0 saturated carbocycles. The van der Waals surface area contributed by atoms with E-state index in [0.29, 0.717) is 10.2 Å². The molecule has 0 radical (unpaired) electrons. The highest BCUT2D eigenvalue weighted by Crippen LogP contribution is 2.20. The number of carbonyl (C=O) groups excluding carboxylic acids is 2. The number of benzene rings is 2. The van der Waals surface area contributed by atoms with Crippen molar-refractivity contribution in [2.24, 2.45) is 0 Å². The van der Waals surface area contributed by atoms with E-state index >= 15 is 0 Å². The van der Waals surface area contributed by atoms with Crippen LogP contribution in [0.25, 0.3) is 0 Å². The summed E-state index contributed by atoms with van der Waals surface area (Å²) in [7, 11) is 0. The van der Waals surface area contributed by atoms with Gasteiger partial charge in [0.1, 0.15) is 5.82 Å². The van der Waals surface area contributed by atoms with Crippen molar-refractivity contribution in [1.29, 1.82) is 0 Å². The quantitative estimate of drug-likeness (QED) is 0.749. The first kappa shape index (κ1) is 17.6. The van der Waals surface area contributed by atoms with Crippen LogP contribution in [0.4, 0.5) is 10.1 Å². The van der Waals surface area contributed by atoms with Gasteiger partial charge in [-0.05, 0) is 48.9 Å². The van der Waals surface area contributed by atoms with Gasteiger partial charge in [0.2, 0.25) is 5.91 Å². The van der Waals surface area contributed by atoms with Gasteiger partial charge in [0.25, 0.3) is 5.91 Å². The Morgan fingerprint density at radius 3 is 2.43 bits per heavy atom. The molecule has 2 aromatic carbocycles. The second-order valence-corrected chi connectivity index (χ2v) is 6.65. The molecule has 0 aliphatic heterocycles. The highest BCUT2D eigenvalue weighted by atomic mass is 79.9. The molecule has 4 nitrogen and oxygen atoms in total. The average molecular weight is 444 g/mol. The summed E-state index contributed by atoms with van der Waals surface area (Å²) in [5.74, 6) is -1.68. The van der Waals surface area contributed by atoms with Crippen molar-refractivity contribution in [3.63, 3.8) is 0 Å². The Balaban J connectivity index is 1.96. The molecule has 2 N–H and O–H groups in total. The van der Waals surface area contributed by atoms with Crippen molar-refractivity contribution in [2.75, 3.05) is 11.9 Å². The summed E-state index contributed by atoms with van der Waals surface area (Å²) in [4.78, 5) is 23.8. The lowest BCUT2D eigenvalue weighted by Gasteiger charge is -2.10. The first-order valence-electron chi connectivity index (χ1n) is 6.66. The molecular weight excluding hydrogens is 431 g/mol. The van der Waals surface area contributed by atoms with Gasteiger partial charge < -0.3 is 10.6 Å². The van der Waals surface area contributed by atoms with Crippen molar-refractivity contribution in [2.45, 2.75) is 6.92 Å². The first-order chi connectivity index (χ1) is 10.9. The number of carbonyl (C=O) groups is 2. The highest BCUT2D eigenvalue weighted by molar-refractivity contribution is 9.10. The zero-order valence-corrected chi connectivity index (χ0v) is 15.3. The molecule has 7 heteroatoms. The molecule has 0 aliphatic rings. The van der Waals surface area contributed by atoms with E-state index in [4.69, 9.17) is 0 Å². The predicted octanol–water partition coefficient (Wildman–Crippen LogP) is 4.03. The summed E-state index contributed by atoms with van der Waals surface area (Å²) in [6, 6.07) is 9.47. The molecule has 0 spiro atoms. The molecule has 2 rings (SSSR count). The Morgan fingerprint density at radius 1 is 1.09 bits per heavy atom. The van der Waals surface area contributed by atoms with Crippen molar-refractivity contribution in [3.05, 3.63) is 62.3 Å². The largest absolute Gasteiger partial charge is 0.343 e. The summed E-state index contributed by atoms with van der Waals surface area (Å²) < 4.78 is 15.1. The van der Waals surface area contributed by atoms with Crippen LogP contribution in [-0.4, -0.2) is 18.4 Å². The van der Waals surface area contributed by atoms with Crippen molar-refractivity contribution in [3.8, 4) is 0 Å². The van der Waals surface area contributed by atoms with E-state index in [9.17, 15) is 14.0 Å². The number of hydrogen-bond acceptors (Lipinski definition) is 2. The second-order valence-electron chi connectivity index (χ2n) is 4.81. The van der Waals surface area contributed by atoms with Gasteiger partial charge in [0.05, 0.1) is 12.1 Å². The number of nitrogens with one attached hydrogen (secondary N) is 2. The van der Waals surface area contributed by atoms with Crippen LogP contribution in [0.3, 0.4) is 0 Å². The zero-order valence-electron chi connectivity index (χ0n) is 12.1. The Bertz CT molecular complexity index is 766. The standard InChI is InChI=1S/C16H13Br2FN2O2/c1-9-6-10(17)3-5-14(9)21-15(22)8-20-16(23)12-7-11(18)2-4-13(12)19/h2-7H,8H2,1H3,(H,20,23)(H,21,22). The molecule has 23 heavy (non-hydrogen) atoms. The molecule has 0 atom stereocenters. The predicted molar refractivity (Wildman–Crippen MR) is 93.9 cm³/mol. The van der Waals surface area contributed by atoms with Crippen molar-refractivity contribution in [1.82, 2.24) is 5.32 Å². The highest BCUT2D eigenvalue weighted by Gasteiger charge is 2.13. The summed E-state index contributed by atoms with van der Waals surface area (Å²) in [6.07, 6.45) is 0. The van der Waals surface area contributed by atoms with E-state index in [2.05, 4.69) is 42.5 Å². The molecule has 0 unspecified atom stereocenters. The summed E-state index contributed by atoms with van der Waals surface area (Å²) in [5.41, 5.74) is 1.42. The Hall–Kier alpha value is -1.73. The maximum absolute atomic E-state index is 13.6. The molecule has 2 aromatic rings. The lowest BCUT2D eigenvalue weighted by Crippen LogP contribution is -2.33. The van der Waals surface area contributed by atoms with Crippen LogP contribution in [-0.2, 0) is 4.79 Å². The van der Waals surface area contributed by atoms with E-state index in [1.807, 2.05) is 13.0 Å². The molecule has 120 valence electrons. The number of rotatable bonds is 4. The fourth-order valence-electron chi connectivity index (χ4n) is 1.89. The van der Waals surface area contributed by atoms with Crippen molar-refractivity contribution < 1.29 is 14.0 Å². The van der Waals surface area contributed by atoms with Crippen LogP contribution >= 0.6 is 31.9 Å². The van der Waals surface area contributed by atoms with Crippen LogP contribution in [0.2, 0.25) is 0 Å². The van der Waals surface area contributed by atoms with E-state index in [0.717, 1.165) is 10.0 Å². The molecule has 0 aliphatic carbocycles. The number of anilines is 1. The topological polar surface area (TPSA) is 58.2 Å². The normalized spacial score (nSPS) is 10.3. The number of aryl methyl sites for hydroxylation is 1. The van der Waals surface area contributed by atoms with Gasteiger partial charge in [0.15, 0.2) is 0 Å². The molecule has 2 amide bonds. The van der Waals surface area contributed by atoms with Crippen molar-refractivity contribution >= 4 is 49.4 Å². The van der Waals surface area contributed by atoms with E-state index in [1.165, 1.54) is 18.2 Å². The monoisotopic (exact) mass is 442 g/mol. The van der Waals surface area contributed by atoms with Gasteiger partial charge >= 0.3 is 0 Å². The zero-order chi connectivity index (χ0) is 17.0. The van der Waals surface area contributed by atoms with Gasteiger partial charge in [-0.1, -0.05) is 31.9 Å². The third-order valence-electron chi connectivity index (χ3n) is 3.05. The fourth-order valence-corrected chi connectivity index (χ4v) is 2.73. The van der Waals surface area contributed by atoms with Crippen LogP contribution < -0.4 is 10.6 Å². The molecule has 0 saturated heterocycles.